The Bertz CT molecular complexity index is 896. The van der Waals surface area contributed by atoms with Crippen molar-refractivity contribution in [1.82, 2.24) is 0 Å². The third-order valence-electron chi connectivity index (χ3n) is 7.26. The minimum atomic E-state index is -0.189. The van der Waals surface area contributed by atoms with E-state index in [-0.39, 0.29) is 24.6 Å². The Morgan fingerprint density at radius 1 is 0.816 bits per heavy atom. The van der Waals surface area contributed by atoms with E-state index in [2.05, 4.69) is 70.4 Å². The lowest BCUT2D eigenvalue weighted by Gasteiger charge is -2.32. The van der Waals surface area contributed by atoms with Gasteiger partial charge in [-0.2, -0.15) is 0 Å². The number of rotatable bonds is 20. The predicted octanol–water partition coefficient (Wildman–Crippen LogP) is 8.37. The van der Waals surface area contributed by atoms with Crippen molar-refractivity contribution >= 4 is 5.97 Å². The summed E-state index contributed by atoms with van der Waals surface area (Å²) in [5.74, 6) is 0.608. The van der Waals surface area contributed by atoms with Gasteiger partial charge in [-0.1, -0.05) is 108 Å². The normalized spacial score (nSPS) is 13.2. The minimum Gasteiger partial charge on any atom is -0.487 e. The number of aryl methyl sites for hydroxylation is 1. The van der Waals surface area contributed by atoms with Crippen molar-refractivity contribution in [3.8, 4) is 5.75 Å². The summed E-state index contributed by atoms with van der Waals surface area (Å²) in [5, 5.41) is 0. The number of hydrogen-bond donors (Lipinski definition) is 0. The molecule has 4 nitrogen and oxygen atoms in total. The molecule has 2 rings (SSSR count). The van der Waals surface area contributed by atoms with E-state index >= 15 is 0 Å². The molecule has 0 aliphatic heterocycles. The van der Waals surface area contributed by atoms with Gasteiger partial charge in [-0.25, -0.2) is 0 Å². The first-order chi connectivity index (χ1) is 18.3. The van der Waals surface area contributed by atoms with Crippen LogP contribution in [0.4, 0.5) is 0 Å². The van der Waals surface area contributed by atoms with Crippen molar-refractivity contribution in [3.63, 3.8) is 0 Å². The van der Waals surface area contributed by atoms with Gasteiger partial charge < -0.3 is 14.0 Å². The molecule has 0 heterocycles. The SMILES string of the molecule is CCCCCCCCCCCc1cccc(OC(C)COC(=O)C(CC)C[N+](C)(C)Cc2ccccc2)c1. The highest BCUT2D eigenvalue weighted by Crippen LogP contribution is 2.19. The van der Waals surface area contributed by atoms with E-state index in [1.807, 2.05) is 19.1 Å². The Labute approximate surface area is 233 Å². The van der Waals surface area contributed by atoms with Crippen molar-refractivity contribution < 1.29 is 18.8 Å². The van der Waals surface area contributed by atoms with Crippen LogP contribution in [0.1, 0.15) is 96.1 Å². The van der Waals surface area contributed by atoms with E-state index in [1.54, 1.807) is 0 Å². The van der Waals surface area contributed by atoms with E-state index < -0.39 is 0 Å². The number of nitrogens with zero attached hydrogens (tertiary/aromatic N) is 1. The van der Waals surface area contributed by atoms with E-state index in [9.17, 15) is 4.79 Å². The molecule has 4 heteroatoms. The second-order valence-corrected chi connectivity index (χ2v) is 11.7. The average Bonchev–Trinajstić information content (AvgIpc) is 2.90. The lowest BCUT2D eigenvalue weighted by Crippen LogP contribution is -2.45. The van der Waals surface area contributed by atoms with Gasteiger partial charge >= 0.3 is 5.97 Å². The van der Waals surface area contributed by atoms with Crippen molar-refractivity contribution in [3.05, 3.63) is 65.7 Å². The van der Waals surface area contributed by atoms with Crippen molar-refractivity contribution in [1.29, 1.82) is 0 Å². The van der Waals surface area contributed by atoms with Gasteiger partial charge in [0.05, 0.1) is 20.6 Å². The third kappa shape index (κ3) is 13.5. The second kappa shape index (κ2) is 18.0. The Kier molecular flexibility index (Phi) is 15.1. The van der Waals surface area contributed by atoms with Crippen LogP contribution >= 0.6 is 0 Å². The molecule has 2 atom stereocenters. The number of ether oxygens (including phenoxy) is 2. The largest absolute Gasteiger partial charge is 0.487 e. The fraction of sp³-hybridized carbons (Fsp3) is 0.618. The molecule has 0 aliphatic rings. The molecule has 0 fully saturated rings. The number of carbonyl (C=O) groups excluding carboxylic acids is 1. The molecule has 0 spiro atoms. The van der Waals surface area contributed by atoms with Gasteiger partial charge in [-0.05, 0) is 43.9 Å². The second-order valence-electron chi connectivity index (χ2n) is 11.7. The van der Waals surface area contributed by atoms with E-state index in [0.29, 0.717) is 0 Å². The van der Waals surface area contributed by atoms with Crippen LogP contribution in [0.2, 0.25) is 0 Å². The summed E-state index contributed by atoms with van der Waals surface area (Å²) in [7, 11) is 4.35. The summed E-state index contributed by atoms with van der Waals surface area (Å²) in [4.78, 5) is 12.9. The molecule has 212 valence electrons. The molecule has 0 amide bonds. The van der Waals surface area contributed by atoms with Gasteiger partial charge in [0.1, 0.15) is 30.9 Å². The zero-order chi connectivity index (χ0) is 27.6. The zero-order valence-electron chi connectivity index (χ0n) is 24.9. The van der Waals surface area contributed by atoms with Crippen LogP contribution in [0, 0.1) is 5.92 Å². The predicted molar refractivity (Wildman–Crippen MR) is 159 cm³/mol. The molecule has 0 saturated carbocycles. The first kappa shape index (κ1) is 31.9. The van der Waals surface area contributed by atoms with Gasteiger partial charge in [-0.15, -0.1) is 0 Å². The van der Waals surface area contributed by atoms with Gasteiger partial charge in [0.25, 0.3) is 0 Å². The Morgan fingerprint density at radius 3 is 2.11 bits per heavy atom. The number of carbonyl (C=O) groups is 1. The number of hydrogen-bond acceptors (Lipinski definition) is 3. The highest BCUT2D eigenvalue weighted by atomic mass is 16.6. The molecule has 0 bridgehead atoms. The van der Waals surface area contributed by atoms with Gasteiger partial charge in [0.2, 0.25) is 0 Å². The molecule has 2 unspecified atom stereocenters. The Hall–Kier alpha value is -2.33. The number of unbranched alkanes of at least 4 members (excludes halogenated alkanes) is 8. The lowest BCUT2D eigenvalue weighted by molar-refractivity contribution is -0.906. The van der Waals surface area contributed by atoms with Crippen LogP contribution in [-0.2, 0) is 22.5 Å². The number of quaternary nitrogens is 1. The molecule has 0 radical (unpaired) electrons. The minimum absolute atomic E-state index is 0.124. The van der Waals surface area contributed by atoms with Crippen molar-refractivity contribution in [2.75, 3.05) is 27.2 Å². The first-order valence-corrected chi connectivity index (χ1v) is 15.1. The van der Waals surface area contributed by atoms with Gasteiger partial charge in [-0.3, -0.25) is 4.79 Å². The van der Waals surface area contributed by atoms with E-state index in [1.165, 1.54) is 68.9 Å². The summed E-state index contributed by atoms with van der Waals surface area (Å²) >= 11 is 0. The molecule has 2 aromatic rings. The zero-order valence-corrected chi connectivity index (χ0v) is 24.9. The monoisotopic (exact) mass is 524 g/mol. The highest BCUT2D eigenvalue weighted by Gasteiger charge is 2.28. The molecular weight excluding hydrogens is 470 g/mol. The molecule has 0 saturated heterocycles. The van der Waals surface area contributed by atoms with Crippen molar-refractivity contribution in [2.24, 2.45) is 5.92 Å². The Morgan fingerprint density at radius 2 is 1.45 bits per heavy atom. The fourth-order valence-corrected chi connectivity index (χ4v) is 5.11. The summed E-state index contributed by atoms with van der Waals surface area (Å²) in [6, 6.07) is 18.8. The molecular formula is C34H54NO3+. The number of esters is 1. The fourth-order valence-electron chi connectivity index (χ4n) is 5.11. The maximum Gasteiger partial charge on any atom is 0.314 e. The number of benzene rings is 2. The van der Waals surface area contributed by atoms with Crippen LogP contribution in [0.25, 0.3) is 0 Å². The molecule has 0 aliphatic carbocycles. The topological polar surface area (TPSA) is 35.5 Å². The summed E-state index contributed by atoms with van der Waals surface area (Å²) in [6.07, 6.45) is 13.8. The van der Waals surface area contributed by atoms with Gasteiger partial charge in [0, 0.05) is 5.56 Å². The molecule has 2 aromatic carbocycles. The lowest BCUT2D eigenvalue weighted by atomic mass is 10.0. The van der Waals surface area contributed by atoms with E-state index in [4.69, 9.17) is 9.47 Å². The average molecular weight is 525 g/mol. The van der Waals surface area contributed by atoms with E-state index in [0.717, 1.165) is 36.2 Å². The third-order valence-corrected chi connectivity index (χ3v) is 7.26. The maximum atomic E-state index is 12.9. The Balaban J connectivity index is 1.70. The van der Waals surface area contributed by atoms with Crippen LogP contribution in [-0.4, -0.2) is 43.8 Å². The van der Waals surface area contributed by atoms with Crippen LogP contribution in [0.5, 0.6) is 5.75 Å². The van der Waals surface area contributed by atoms with Crippen LogP contribution in [0.3, 0.4) is 0 Å². The standard InChI is InChI=1S/C34H54NO3/c1-6-8-9-10-11-12-13-14-16-20-30-23-19-24-33(25-30)38-29(3)28-37-34(36)32(7-2)27-35(4,5)26-31-21-17-15-18-22-31/h15,17-19,21-25,29,32H,6-14,16,20,26-28H2,1-5H3/q+1. The first-order valence-electron chi connectivity index (χ1n) is 15.1. The smallest absolute Gasteiger partial charge is 0.314 e. The quantitative estimate of drug-likeness (QED) is 0.0991. The maximum absolute atomic E-state index is 12.9. The molecule has 0 aromatic heterocycles. The van der Waals surface area contributed by atoms with Crippen LogP contribution in [0.15, 0.2) is 54.6 Å². The van der Waals surface area contributed by atoms with Crippen LogP contribution < -0.4 is 4.74 Å². The molecule has 0 N–H and O–H groups in total. The molecule has 38 heavy (non-hydrogen) atoms. The van der Waals surface area contributed by atoms with Gasteiger partial charge in [0.15, 0.2) is 0 Å². The summed E-state index contributed by atoms with van der Waals surface area (Å²) < 4.78 is 12.6. The highest BCUT2D eigenvalue weighted by molar-refractivity contribution is 5.72. The summed E-state index contributed by atoms with van der Waals surface area (Å²) in [5.41, 5.74) is 2.60. The summed E-state index contributed by atoms with van der Waals surface area (Å²) in [6.45, 7) is 8.21. The van der Waals surface area contributed by atoms with Crippen molar-refractivity contribution in [2.45, 2.75) is 104 Å².